The van der Waals surface area contributed by atoms with Crippen LogP contribution in [0.25, 0.3) is 0 Å². The lowest BCUT2D eigenvalue weighted by atomic mass is 10.1. The Morgan fingerprint density at radius 3 is 2.71 bits per heavy atom. The Bertz CT molecular complexity index is 439. The molecule has 0 saturated carbocycles. The standard InChI is InChI=1S/C13H16N2OS/c1-2-16-11-5-3-10(4-6-11)12(14)9-13-15-7-8-17-13/h3-8,12H,2,9,14H2,1H3. The van der Waals surface area contributed by atoms with E-state index >= 15 is 0 Å². The van der Waals surface area contributed by atoms with E-state index in [1.807, 2.05) is 42.8 Å². The molecule has 0 aliphatic rings. The summed E-state index contributed by atoms with van der Waals surface area (Å²) >= 11 is 1.64. The van der Waals surface area contributed by atoms with Gasteiger partial charge in [0.15, 0.2) is 0 Å². The van der Waals surface area contributed by atoms with Crippen molar-refractivity contribution in [1.29, 1.82) is 0 Å². The van der Waals surface area contributed by atoms with Crippen LogP contribution in [0.2, 0.25) is 0 Å². The summed E-state index contributed by atoms with van der Waals surface area (Å²) in [6.07, 6.45) is 2.59. The van der Waals surface area contributed by atoms with Gasteiger partial charge in [-0.1, -0.05) is 12.1 Å². The van der Waals surface area contributed by atoms with Crippen molar-refractivity contribution in [2.45, 2.75) is 19.4 Å². The zero-order valence-corrected chi connectivity index (χ0v) is 10.6. The van der Waals surface area contributed by atoms with Gasteiger partial charge >= 0.3 is 0 Å². The van der Waals surface area contributed by atoms with Crippen LogP contribution in [0.5, 0.6) is 5.75 Å². The first kappa shape index (κ1) is 12.1. The second-order valence-electron chi connectivity index (χ2n) is 3.74. The van der Waals surface area contributed by atoms with Crippen LogP contribution in [0.3, 0.4) is 0 Å². The normalized spacial score (nSPS) is 12.4. The molecule has 2 aromatic rings. The van der Waals surface area contributed by atoms with Gasteiger partial charge in [-0.2, -0.15) is 0 Å². The smallest absolute Gasteiger partial charge is 0.119 e. The second kappa shape index (κ2) is 5.80. The zero-order chi connectivity index (χ0) is 12.1. The number of rotatable bonds is 5. The van der Waals surface area contributed by atoms with Gasteiger partial charge in [0.05, 0.1) is 11.6 Å². The molecule has 90 valence electrons. The highest BCUT2D eigenvalue weighted by Gasteiger charge is 2.08. The van der Waals surface area contributed by atoms with Crippen molar-refractivity contribution < 1.29 is 4.74 Å². The molecule has 4 heteroatoms. The van der Waals surface area contributed by atoms with Crippen LogP contribution in [0.4, 0.5) is 0 Å². The van der Waals surface area contributed by atoms with E-state index in [-0.39, 0.29) is 6.04 Å². The maximum atomic E-state index is 6.14. The molecule has 1 unspecified atom stereocenters. The molecule has 0 aliphatic carbocycles. The molecule has 2 N–H and O–H groups in total. The summed E-state index contributed by atoms with van der Waals surface area (Å²) in [5, 5.41) is 3.05. The van der Waals surface area contributed by atoms with Gasteiger partial charge in [-0.25, -0.2) is 4.98 Å². The van der Waals surface area contributed by atoms with Gasteiger partial charge < -0.3 is 10.5 Å². The first-order valence-electron chi connectivity index (χ1n) is 5.66. The van der Waals surface area contributed by atoms with Gasteiger partial charge in [-0.05, 0) is 24.6 Å². The zero-order valence-electron chi connectivity index (χ0n) is 9.80. The number of nitrogens with zero attached hydrogens (tertiary/aromatic N) is 1. The third-order valence-electron chi connectivity index (χ3n) is 2.50. The van der Waals surface area contributed by atoms with Crippen LogP contribution in [0, 0.1) is 0 Å². The summed E-state index contributed by atoms with van der Waals surface area (Å²) in [7, 11) is 0. The van der Waals surface area contributed by atoms with E-state index in [2.05, 4.69) is 4.98 Å². The predicted molar refractivity (Wildman–Crippen MR) is 70.4 cm³/mol. The highest BCUT2D eigenvalue weighted by atomic mass is 32.1. The molecule has 0 bridgehead atoms. The van der Waals surface area contributed by atoms with Gasteiger partial charge in [0.2, 0.25) is 0 Å². The molecule has 0 fully saturated rings. The number of hydrogen-bond acceptors (Lipinski definition) is 4. The first-order valence-corrected chi connectivity index (χ1v) is 6.54. The summed E-state index contributed by atoms with van der Waals surface area (Å²) in [5.41, 5.74) is 7.25. The minimum Gasteiger partial charge on any atom is -0.494 e. The summed E-state index contributed by atoms with van der Waals surface area (Å²) < 4.78 is 5.40. The lowest BCUT2D eigenvalue weighted by Gasteiger charge is -2.11. The lowest BCUT2D eigenvalue weighted by molar-refractivity contribution is 0.340. The number of ether oxygens (including phenoxy) is 1. The summed E-state index contributed by atoms with van der Waals surface area (Å²) in [6, 6.07) is 7.95. The van der Waals surface area contributed by atoms with Crippen LogP contribution in [0.1, 0.15) is 23.5 Å². The third-order valence-corrected chi connectivity index (χ3v) is 3.30. The fourth-order valence-corrected chi connectivity index (χ4v) is 2.31. The van der Waals surface area contributed by atoms with Crippen molar-refractivity contribution in [1.82, 2.24) is 4.98 Å². The van der Waals surface area contributed by atoms with Crippen molar-refractivity contribution in [3.8, 4) is 5.75 Å². The van der Waals surface area contributed by atoms with E-state index in [1.54, 1.807) is 11.3 Å². The fraction of sp³-hybridized carbons (Fsp3) is 0.308. The minimum atomic E-state index is -0.00294. The van der Waals surface area contributed by atoms with Crippen LogP contribution in [0.15, 0.2) is 35.8 Å². The quantitative estimate of drug-likeness (QED) is 0.885. The van der Waals surface area contributed by atoms with Crippen molar-refractivity contribution in [2.24, 2.45) is 5.73 Å². The van der Waals surface area contributed by atoms with Crippen molar-refractivity contribution in [3.05, 3.63) is 46.4 Å². The predicted octanol–water partition coefficient (Wildman–Crippen LogP) is 2.78. The molecular formula is C13H16N2OS. The monoisotopic (exact) mass is 248 g/mol. The Labute approximate surface area is 105 Å². The molecule has 1 aromatic heterocycles. The van der Waals surface area contributed by atoms with Gasteiger partial charge in [0, 0.05) is 24.0 Å². The maximum absolute atomic E-state index is 6.14. The number of benzene rings is 1. The fourth-order valence-electron chi connectivity index (χ4n) is 1.64. The lowest BCUT2D eigenvalue weighted by Crippen LogP contribution is -2.13. The summed E-state index contributed by atoms with van der Waals surface area (Å²) in [4.78, 5) is 4.24. The van der Waals surface area contributed by atoms with E-state index in [0.29, 0.717) is 6.61 Å². The van der Waals surface area contributed by atoms with Gasteiger partial charge in [0.1, 0.15) is 5.75 Å². The van der Waals surface area contributed by atoms with E-state index in [1.165, 1.54) is 0 Å². The number of aromatic nitrogens is 1. The average Bonchev–Trinajstić information content (AvgIpc) is 2.83. The Hall–Kier alpha value is -1.39. The molecule has 0 aliphatic heterocycles. The van der Waals surface area contributed by atoms with E-state index in [4.69, 9.17) is 10.5 Å². The largest absolute Gasteiger partial charge is 0.494 e. The Morgan fingerprint density at radius 1 is 1.35 bits per heavy atom. The van der Waals surface area contributed by atoms with Crippen LogP contribution in [-0.4, -0.2) is 11.6 Å². The number of thiazole rings is 1. The molecular weight excluding hydrogens is 232 g/mol. The van der Waals surface area contributed by atoms with E-state index in [9.17, 15) is 0 Å². The van der Waals surface area contributed by atoms with E-state index < -0.39 is 0 Å². The number of hydrogen-bond donors (Lipinski definition) is 1. The van der Waals surface area contributed by atoms with Crippen LogP contribution >= 0.6 is 11.3 Å². The molecule has 3 nitrogen and oxygen atoms in total. The van der Waals surface area contributed by atoms with E-state index in [0.717, 1.165) is 22.7 Å². The van der Waals surface area contributed by atoms with Crippen molar-refractivity contribution in [3.63, 3.8) is 0 Å². The molecule has 0 amide bonds. The topological polar surface area (TPSA) is 48.1 Å². The minimum absolute atomic E-state index is 0.00294. The molecule has 0 spiro atoms. The highest BCUT2D eigenvalue weighted by Crippen LogP contribution is 2.20. The second-order valence-corrected chi connectivity index (χ2v) is 4.72. The summed E-state index contributed by atoms with van der Waals surface area (Å²) in [5.74, 6) is 0.887. The Balaban J connectivity index is 2.01. The molecule has 1 aromatic carbocycles. The molecule has 0 radical (unpaired) electrons. The van der Waals surface area contributed by atoms with Gasteiger partial charge in [0.25, 0.3) is 0 Å². The van der Waals surface area contributed by atoms with Crippen molar-refractivity contribution >= 4 is 11.3 Å². The van der Waals surface area contributed by atoms with Crippen LogP contribution in [-0.2, 0) is 6.42 Å². The average molecular weight is 248 g/mol. The van der Waals surface area contributed by atoms with Gasteiger partial charge in [-0.3, -0.25) is 0 Å². The van der Waals surface area contributed by atoms with Gasteiger partial charge in [-0.15, -0.1) is 11.3 Å². The highest BCUT2D eigenvalue weighted by molar-refractivity contribution is 7.09. The molecule has 2 rings (SSSR count). The Kier molecular flexibility index (Phi) is 4.12. The molecule has 0 saturated heterocycles. The first-order chi connectivity index (χ1) is 8.29. The number of nitrogens with two attached hydrogens (primary N) is 1. The molecule has 1 atom stereocenters. The Morgan fingerprint density at radius 2 is 2.12 bits per heavy atom. The molecule has 17 heavy (non-hydrogen) atoms. The SMILES string of the molecule is CCOc1ccc(C(N)Cc2nccs2)cc1. The maximum Gasteiger partial charge on any atom is 0.119 e. The van der Waals surface area contributed by atoms with Crippen LogP contribution < -0.4 is 10.5 Å². The summed E-state index contributed by atoms with van der Waals surface area (Å²) in [6.45, 7) is 2.66. The van der Waals surface area contributed by atoms with Crippen molar-refractivity contribution in [2.75, 3.05) is 6.61 Å². The third kappa shape index (κ3) is 3.28. The molecule has 1 heterocycles.